The van der Waals surface area contributed by atoms with Gasteiger partial charge in [0.2, 0.25) is 0 Å². The second-order valence-electron chi connectivity index (χ2n) is 4.76. The van der Waals surface area contributed by atoms with E-state index in [4.69, 9.17) is 21.1 Å². The molecule has 0 amide bonds. The molecule has 1 unspecified atom stereocenters. The number of esters is 1. The van der Waals surface area contributed by atoms with E-state index in [1.54, 1.807) is 24.3 Å². The molecule has 1 aromatic carbocycles. The topological polar surface area (TPSA) is 40.0 Å². The minimum Gasteiger partial charge on any atom is -0.453 e. The maximum Gasteiger partial charge on any atom is 0.340 e. The van der Waals surface area contributed by atoms with Crippen molar-refractivity contribution in [1.29, 1.82) is 0 Å². The maximum absolute atomic E-state index is 12.0. The van der Waals surface area contributed by atoms with E-state index in [2.05, 4.69) is 0 Å². The Hall–Kier alpha value is -1.10. The lowest BCUT2D eigenvalue weighted by atomic mass is 10.2. The number of morpholine rings is 1. The van der Waals surface area contributed by atoms with Gasteiger partial charge in [-0.1, -0.05) is 23.7 Å². The fourth-order valence-corrected chi connectivity index (χ4v) is 2.40. The van der Waals surface area contributed by atoms with Crippen LogP contribution >= 0.6 is 11.6 Å². The highest BCUT2D eigenvalue weighted by atomic mass is 35.5. The summed E-state index contributed by atoms with van der Waals surface area (Å²) in [7, 11) is 0. The van der Waals surface area contributed by atoms with Crippen molar-refractivity contribution in [1.82, 2.24) is 0 Å². The van der Waals surface area contributed by atoms with Gasteiger partial charge in [-0.05, 0) is 19.1 Å². The highest BCUT2D eigenvalue weighted by Gasteiger charge is 2.21. The quantitative estimate of drug-likeness (QED) is 0.832. The molecule has 1 aliphatic heterocycles. The summed E-state index contributed by atoms with van der Waals surface area (Å²) < 4.78 is 10.7. The molecule has 0 bridgehead atoms. The molecule has 1 atom stereocenters. The van der Waals surface area contributed by atoms with Gasteiger partial charge in [-0.2, -0.15) is 0 Å². The van der Waals surface area contributed by atoms with Gasteiger partial charge in [0.1, 0.15) is 25.7 Å². The number of ether oxygens (including phenoxy) is 2. The lowest BCUT2D eigenvalue weighted by Gasteiger charge is -2.26. The van der Waals surface area contributed by atoms with E-state index in [1.807, 2.05) is 6.92 Å². The first-order chi connectivity index (χ1) is 9.16. The molecule has 1 fully saturated rings. The first kappa shape index (κ1) is 14.3. The Bertz CT molecular complexity index is 432. The van der Waals surface area contributed by atoms with Crippen molar-refractivity contribution in [3.05, 3.63) is 34.9 Å². The third-order valence-corrected chi connectivity index (χ3v) is 3.51. The van der Waals surface area contributed by atoms with Gasteiger partial charge in [0.15, 0.2) is 0 Å². The number of carbonyl (C=O) groups excluding carboxylic acids is 1. The molecule has 1 saturated heterocycles. The lowest BCUT2D eigenvalue weighted by molar-refractivity contribution is -0.910. The van der Waals surface area contributed by atoms with Crippen LogP contribution in [0.4, 0.5) is 0 Å². The third kappa shape index (κ3) is 4.20. The van der Waals surface area contributed by atoms with Crippen LogP contribution in [-0.2, 0) is 9.47 Å². The largest absolute Gasteiger partial charge is 0.453 e. The van der Waals surface area contributed by atoms with Crippen LogP contribution in [0.1, 0.15) is 17.3 Å². The lowest BCUT2D eigenvalue weighted by Crippen LogP contribution is -3.15. The average molecular weight is 285 g/mol. The smallest absolute Gasteiger partial charge is 0.340 e. The minimum atomic E-state index is -0.356. The van der Waals surface area contributed by atoms with Crippen LogP contribution < -0.4 is 4.90 Å². The molecule has 1 heterocycles. The fourth-order valence-electron chi connectivity index (χ4n) is 2.19. The zero-order valence-electron chi connectivity index (χ0n) is 11.0. The number of benzene rings is 1. The predicted octanol–water partition coefficient (Wildman–Crippen LogP) is 0.800. The third-order valence-electron chi connectivity index (χ3n) is 3.18. The number of rotatable bonds is 4. The number of quaternary nitrogens is 1. The van der Waals surface area contributed by atoms with Gasteiger partial charge in [0.05, 0.1) is 23.8 Å². The summed E-state index contributed by atoms with van der Waals surface area (Å²) in [6, 6.07) is 6.94. The Morgan fingerprint density at radius 1 is 1.42 bits per heavy atom. The van der Waals surface area contributed by atoms with Crippen molar-refractivity contribution in [3.8, 4) is 0 Å². The molecule has 1 aliphatic rings. The molecular weight excluding hydrogens is 266 g/mol. The van der Waals surface area contributed by atoms with Crippen LogP contribution in [0.2, 0.25) is 5.02 Å². The monoisotopic (exact) mass is 284 g/mol. The number of carbonyl (C=O) groups is 1. The molecule has 5 heteroatoms. The summed E-state index contributed by atoms with van der Waals surface area (Å²) in [6.45, 7) is 6.21. The Morgan fingerprint density at radius 3 is 2.79 bits per heavy atom. The van der Waals surface area contributed by atoms with Gasteiger partial charge in [0, 0.05) is 0 Å². The van der Waals surface area contributed by atoms with Gasteiger partial charge < -0.3 is 14.4 Å². The number of hydrogen-bond acceptors (Lipinski definition) is 3. The van der Waals surface area contributed by atoms with Crippen LogP contribution in [0.3, 0.4) is 0 Å². The van der Waals surface area contributed by atoms with Gasteiger partial charge in [-0.15, -0.1) is 0 Å². The van der Waals surface area contributed by atoms with Crippen LogP contribution in [0.15, 0.2) is 24.3 Å². The first-order valence-corrected chi connectivity index (χ1v) is 6.91. The van der Waals surface area contributed by atoms with Gasteiger partial charge in [-0.25, -0.2) is 4.79 Å². The molecule has 0 aliphatic carbocycles. The van der Waals surface area contributed by atoms with Gasteiger partial charge in [0.25, 0.3) is 0 Å². The molecule has 4 nitrogen and oxygen atoms in total. The Labute approximate surface area is 118 Å². The van der Waals surface area contributed by atoms with E-state index < -0.39 is 0 Å². The summed E-state index contributed by atoms with van der Waals surface area (Å²) in [5.41, 5.74) is 0.424. The van der Waals surface area contributed by atoms with Gasteiger partial charge in [-0.3, -0.25) is 0 Å². The van der Waals surface area contributed by atoms with E-state index in [-0.39, 0.29) is 12.1 Å². The Morgan fingerprint density at radius 2 is 2.11 bits per heavy atom. The van der Waals surface area contributed by atoms with Crippen molar-refractivity contribution in [2.75, 3.05) is 32.8 Å². The SMILES string of the molecule is CC(C[NH+]1CCOCC1)OC(=O)c1ccccc1Cl. The zero-order valence-corrected chi connectivity index (χ0v) is 11.8. The van der Waals surface area contributed by atoms with E-state index in [0.717, 1.165) is 32.8 Å². The van der Waals surface area contributed by atoms with Crippen molar-refractivity contribution in [3.63, 3.8) is 0 Å². The first-order valence-electron chi connectivity index (χ1n) is 6.53. The van der Waals surface area contributed by atoms with Crippen LogP contribution in [-0.4, -0.2) is 44.9 Å². The highest BCUT2D eigenvalue weighted by molar-refractivity contribution is 6.33. The number of hydrogen-bond donors (Lipinski definition) is 1. The van der Waals surface area contributed by atoms with Gasteiger partial charge >= 0.3 is 5.97 Å². The van der Waals surface area contributed by atoms with E-state index in [1.165, 1.54) is 4.90 Å². The molecule has 1 aromatic rings. The average Bonchev–Trinajstić information content (AvgIpc) is 2.40. The molecule has 0 radical (unpaired) electrons. The Kier molecular flexibility index (Phi) is 5.19. The van der Waals surface area contributed by atoms with E-state index in [0.29, 0.717) is 10.6 Å². The van der Waals surface area contributed by atoms with Crippen molar-refractivity contribution in [2.45, 2.75) is 13.0 Å². The van der Waals surface area contributed by atoms with Crippen LogP contribution in [0.5, 0.6) is 0 Å². The highest BCUT2D eigenvalue weighted by Crippen LogP contribution is 2.16. The summed E-state index contributed by atoms with van der Waals surface area (Å²) in [5, 5.41) is 0.429. The molecule has 0 spiro atoms. The van der Waals surface area contributed by atoms with Crippen molar-refractivity contribution < 1.29 is 19.2 Å². The Balaban J connectivity index is 1.86. The summed E-state index contributed by atoms with van der Waals surface area (Å²) in [5.74, 6) is -0.356. The summed E-state index contributed by atoms with van der Waals surface area (Å²) in [6.07, 6.45) is -0.128. The molecular formula is C14H19ClNO3+. The summed E-state index contributed by atoms with van der Waals surface area (Å²) >= 11 is 5.97. The predicted molar refractivity (Wildman–Crippen MR) is 72.7 cm³/mol. The molecule has 104 valence electrons. The zero-order chi connectivity index (χ0) is 13.7. The van der Waals surface area contributed by atoms with Crippen LogP contribution in [0.25, 0.3) is 0 Å². The molecule has 0 saturated carbocycles. The second-order valence-corrected chi connectivity index (χ2v) is 5.17. The van der Waals surface area contributed by atoms with E-state index >= 15 is 0 Å². The molecule has 0 aromatic heterocycles. The normalized spacial score (nSPS) is 18.0. The molecule has 1 N–H and O–H groups in total. The van der Waals surface area contributed by atoms with E-state index in [9.17, 15) is 4.79 Å². The van der Waals surface area contributed by atoms with Crippen molar-refractivity contribution in [2.24, 2.45) is 0 Å². The molecule has 2 rings (SSSR count). The maximum atomic E-state index is 12.0. The number of nitrogens with one attached hydrogen (secondary N) is 1. The van der Waals surface area contributed by atoms with Crippen molar-refractivity contribution >= 4 is 17.6 Å². The summed E-state index contributed by atoms with van der Waals surface area (Å²) in [4.78, 5) is 13.4. The standard InChI is InChI=1S/C14H18ClNO3/c1-11(10-16-6-8-18-9-7-16)19-14(17)12-4-2-3-5-13(12)15/h2-5,11H,6-10H2,1H3/p+1. The fraction of sp³-hybridized carbons (Fsp3) is 0.500. The van der Waals surface area contributed by atoms with Crippen LogP contribution in [0, 0.1) is 0 Å². The minimum absolute atomic E-state index is 0.128. The molecule has 19 heavy (non-hydrogen) atoms. The second kappa shape index (κ2) is 6.89. The number of halogens is 1.